The van der Waals surface area contributed by atoms with Gasteiger partial charge in [0.1, 0.15) is 5.82 Å². The van der Waals surface area contributed by atoms with Crippen LogP contribution >= 0.6 is 0 Å². The van der Waals surface area contributed by atoms with E-state index in [0.29, 0.717) is 5.92 Å². The molecule has 128 valence electrons. The molecule has 0 aliphatic heterocycles. The summed E-state index contributed by atoms with van der Waals surface area (Å²) in [6, 6.07) is 4.27. The van der Waals surface area contributed by atoms with Crippen LogP contribution in [0, 0.1) is 11.7 Å². The molecule has 0 N–H and O–H groups in total. The molecule has 0 radical (unpaired) electrons. The maximum Gasteiger partial charge on any atom is 0.393 e. The summed E-state index contributed by atoms with van der Waals surface area (Å²) < 4.78 is 51.0. The first-order valence-corrected chi connectivity index (χ1v) is 8.40. The second-order valence-electron chi connectivity index (χ2n) is 6.47. The molecule has 0 atom stereocenters. The van der Waals surface area contributed by atoms with Gasteiger partial charge in [-0.25, -0.2) is 4.39 Å². The average Bonchev–Trinajstić information content (AvgIpc) is 2.49. The molecule has 1 aromatic rings. The highest BCUT2D eigenvalue weighted by atomic mass is 19.4. The van der Waals surface area contributed by atoms with Crippen LogP contribution in [0.15, 0.2) is 30.4 Å². The zero-order chi connectivity index (χ0) is 16.9. The van der Waals surface area contributed by atoms with Crippen LogP contribution in [0.5, 0.6) is 0 Å². The number of hydrogen-bond donors (Lipinski definition) is 0. The molecular weight excluding hydrogens is 304 g/mol. The Hall–Kier alpha value is -1.32. The summed E-state index contributed by atoms with van der Waals surface area (Å²) in [4.78, 5) is 0. The van der Waals surface area contributed by atoms with Gasteiger partial charge in [-0.3, -0.25) is 0 Å². The van der Waals surface area contributed by atoms with E-state index < -0.39 is 18.4 Å². The van der Waals surface area contributed by atoms with Crippen LogP contribution in [-0.2, 0) is 6.42 Å². The summed E-state index contributed by atoms with van der Waals surface area (Å²) >= 11 is 0. The van der Waals surface area contributed by atoms with E-state index in [0.717, 1.165) is 44.1 Å². The van der Waals surface area contributed by atoms with Crippen LogP contribution in [0.2, 0.25) is 0 Å². The monoisotopic (exact) mass is 328 g/mol. The Kier molecular flexibility index (Phi) is 6.25. The van der Waals surface area contributed by atoms with Crippen molar-refractivity contribution in [2.75, 3.05) is 0 Å². The SMILES string of the molecule is CCC/C=C/C1CCC(c2ccc(CC(F)(F)F)c(F)c2)CC1. The molecule has 1 aliphatic carbocycles. The summed E-state index contributed by atoms with van der Waals surface area (Å²) in [5, 5.41) is 0. The Bertz CT molecular complexity index is 523. The van der Waals surface area contributed by atoms with Gasteiger partial charge in [-0.15, -0.1) is 0 Å². The van der Waals surface area contributed by atoms with Gasteiger partial charge in [-0.05, 0) is 61.1 Å². The minimum Gasteiger partial charge on any atom is -0.207 e. The van der Waals surface area contributed by atoms with Gasteiger partial charge >= 0.3 is 6.18 Å². The van der Waals surface area contributed by atoms with Crippen molar-refractivity contribution < 1.29 is 17.6 Å². The molecule has 23 heavy (non-hydrogen) atoms. The fraction of sp³-hybridized carbons (Fsp3) is 0.579. The van der Waals surface area contributed by atoms with Gasteiger partial charge in [-0.1, -0.05) is 37.6 Å². The van der Waals surface area contributed by atoms with Crippen LogP contribution in [0.1, 0.15) is 62.5 Å². The first-order chi connectivity index (χ1) is 10.9. The number of benzene rings is 1. The van der Waals surface area contributed by atoms with Crippen LogP contribution < -0.4 is 0 Å². The second kappa shape index (κ2) is 7.98. The van der Waals surface area contributed by atoms with Gasteiger partial charge in [0.15, 0.2) is 0 Å². The Morgan fingerprint density at radius 2 is 1.83 bits per heavy atom. The first kappa shape index (κ1) is 18.0. The van der Waals surface area contributed by atoms with Gasteiger partial charge in [0, 0.05) is 0 Å². The van der Waals surface area contributed by atoms with Crippen molar-refractivity contribution in [3.8, 4) is 0 Å². The van der Waals surface area contributed by atoms with Gasteiger partial charge in [-0.2, -0.15) is 13.2 Å². The summed E-state index contributed by atoms with van der Waals surface area (Å²) in [6.07, 6.45) is 5.27. The number of halogens is 4. The smallest absolute Gasteiger partial charge is 0.207 e. The molecule has 1 aromatic carbocycles. The lowest BCUT2D eigenvalue weighted by Gasteiger charge is -2.27. The molecule has 0 heterocycles. The van der Waals surface area contributed by atoms with E-state index >= 15 is 0 Å². The number of unbranched alkanes of at least 4 members (excludes halogenated alkanes) is 1. The normalized spacial score (nSPS) is 22.7. The number of rotatable bonds is 5. The Balaban J connectivity index is 1.95. The highest BCUT2D eigenvalue weighted by Gasteiger charge is 2.29. The topological polar surface area (TPSA) is 0 Å². The van der Waals surface area contributed by atoms with Gasteiger partial charge in [0.05, 0.1) is 6.42 Å². The number of hydrogen-bond acceptors (Lipinski definition) is 0. The molecule has 4 heteroatoms. The van der Waals surface area contributed by atoms with Crippen molar-refractivity contribution in [3.05, 3.63) is 47.3 Å². The fourth-order valence-corrected chi connectivity index (χ4v) is 3.28. The molecule has 0 aromatic heterocycles. The largest absolute Gasteiger partial charge is 0.393 e. The lowest BCUT2D eigenvalue weighted by Crippen LogP contribution is -2.14. The van der Waals surface area contributed by atoms with Crippen molar-refractivity contribution in [2.24, 2.45) is 5.92 Å². The molecule has 0 saturated heterocycles. The second-order valence-corrected chi connectivity index (χ2v) is 6.47. The van der Waals surface area contributed by atoms with Crippen molar-refractivity contribution in [1.29, 1.82) is 0 Å². The van der Waals surface area contributed by atoms with Crippen LogP contribution in [0.4, 0.5) is 17.6 Å². The van der Waals surface area contributed by atoms with Crippen LogP contribution in [0.25, 0.3) is 0 Å². The molecular formula is C19H24F4. The molecule has 1 saturated carbocycles. The van der Waals surface area contributed by atoms with Gasteiger partial charge < -0.3 is 0 Å². The lowest BCUT2D eigenvalue weighted by molar-refractivity contribution is -0.127. The maximum absolute atomic E-state index is 13.9. The molecule has 0 unspecified atom stereocenters. The van der Waals surface area contributed by atoms with Gasteiger partial charge in [0.25, 0.3) is 0 Å². The van der Waals surface area contributed by atoms with Crippen molar-refractivity contribution >= 4 is 0 Å². The van der Waals surface area contributed by atoms with E-state index in [-0.39, 0.29) is 11.5 Å². The molecule has 1 fully saturated rings. The summed E-state index contributed by atoms with van der Waals surface area (Å²) in [7, 11) is 0. The molecule has 0 nitrogen and oxygen atoms in total. The van der Waals surface area contributed by atoms with Crippen LogP contribution in [-0.4, -0.2) is 6.18 Å². The summed E-state index contributed by atoms with van der Waals surface area (Å²) in [5.74, 6) is 0.122. The van der Waals surface area contributed by atoms with Crippen LogP contribution in [0.3, 0.4) is 0 Å². The Labute approximate surface area is 135 Å². The minimum absolute atomic E-state index is 0.264. The zero-order valence-corrected chi connectivity index (χ0v) is 13.5. The number of allylic oxidation sites excluding steroid dienone is 2. The van der Waals surface area contributed by atoms with Crippen molar-refractivity contribution in [2.45, 2.75) is 64.0 Å². The third kappa shape index (κ3) is 5.67. The average molecular weight is 328 g/mol. The van der Waals surface area contributed by atoms with E-state index in [9.17, 15) is 17.6 Å². The Morgan fingerprint density at radius 3 is 2.39 bits per heavy atom. The molecule has 0 amide bonds. The first-order valence-electron chi connectivity index (χ1n) is 8.40. The molecule has 0 bridgehead atoms. The predicted octanol–water partition coefficient (Wildman–Crippen LogP) is 6.56. The molecule has 0 spiro atoms. The quantitative estimate of drug-likeness (QED) is 0.424. The standard InChI is InChI=1S/C19H24F4/c1-2-3-4-5-14-6-8-15(9-7-14)16-10-11-17(18(20)12-16)13-19(21,22)23/h4-5,10-12,14-15H,2-3,6-9,13H2,1H3/b5-4+. The van der Waals surface area contributed by atoms with E-state index in [1.54, 1.807) is 6.07 Å². The maximum atomic E-state index is 13.9. The minimum atomic E-state index is -4.37. The lowest BCUT2D eigenvalue weighted by atomic mass is 9.78. The predicted molar refractivity (Wildman–Crippen MR) is 84.9 cm³/mol. The van der Waals surface area contributed by atoms with E-state index in [1.807, 2.05) is 0 Å². The summed E-state index contributed by atoms with van der Waals surface area (Å²) in [5.41, 5.74) is 0.571. The fourth-order valence-electron chi connectivity index (χ4n) is 3.28. The molecule has 2 rings (SSSR count). The summed E-state index contributed by atoms with van der Waals surface area (Å²) in [6.45, 7) is 2.15. The van der Waals surface area contributed by atoms with E-state index in [1.165, 1.54) is 12.1 Å². The number of alkyl halides is 3. The highest BCUT2D eigenvalue weighted by molar-refractivity contribution is 5.28. The third-order valence-electron chi connectivity index (χ3n) is 4.57. The van der Waals surface area contributed by atoms with E-state index in [4.69, 9.17) is 0 Å². The van der Waals surface area contributed by atoms with Crippen molar-refractivity contribution in [3.63, 3.8) is 0 Å². The molecule has 1 aliphatic rings. The highest BCUT2D eigenvalue weighted by Crippen LogP contribution is 2.37. The third-order valence-corrected chi connectivity index (χ3v) is 4.57. The van der Waals surface area contributed by atoms with Gasteiger partial charge in [0.2, 0.25) is 0 Å². The Morgan fingerprint density at radius 1 is 1.13 bits per heavy atom. The van der Waals surface area contributed by atoms with E-state index in [2.05, 4.69) is 19.1 Å². The van der Waals surface area contributed by atoms with Crippen molar-refractivity contribution in [1.82, 2.24) is 0 Å². The zero-order valence-electron chi connectivity index (χ0n) is 13.5.